The van der Waals surface area contributed by atoms with Crippen molar-refractivity contribution in [1.82, 2.24) is 9.80 Å². The molecule has 0 spiro atoms. The van der Waals surface area contributed by atoms with Crippen LogP contribution >= 0.6 is 0 Å². The van der Waals surface area contributed by atoms with E-state index in [-0.39, 0.29) is 12.4 Å². The summed E-state index contributed by atoms with van der Waals surface area (Å²) in [6.45, 7) is -0.492. The largest absolute Gasteiger partial charge is 0.399 e. The third kappa shape index (κ3) is 3.57. The Hall–Kier alpha value is -1.44. The van der Waals surface area contributed by atoms with Crippen LogP contribution in [0.2, 0.25) is 0 Å². The van der Waals surface area contributed by atoms with Gasteiger partial charge in [-0.1, -0.05) is 0 Å². The molecule has 0 aliphatic carbocycles. The smallest absolute Gasteiger partial charge is 0.387 e. The van der Waals surface area contributed by atoms with Crippen molar-refractivity contribution in [3.8, 4) is 0 Å². The number of urea groups is 1. The van der Waals surface area contributed by atoms with Crippen LogP contribution in [0.15, 0.2) is 11.9 Å². The molecule has 1 saturated heterocycles. The molecule has 0 saturated carbocycles. The summed E-state index contributed by atoms with van der Waals surface area (Å²) in [5.74, 6) is 0.255. The first-order valence-electron chi connectivity index (χ1n) is 6.64. The van der Waals surface area contributed by atoms with Crippen LogP contribution in [0.5, 0.6) is 0 Å². The molecular formula is C11H19N3O8S. The summed E-state index contributed by atoms with van der Waals surface area (Å²) < 4.78 is 36.2. The van der Waals surface area contributed by atoms with E-state index in [1.807, 2.05) is 0 Å². The molecule has 0 bridgehead atoms. The van der Waals surface area contributed by atoms with Gasteiger partial charge in [0.05, 0.1) is 13.7 Å². The van der Waals surface area contributed by atoms with Crippen molar-refractivity contribution < 1.29 is 36.5 Å². The third-order valence-electron chi connectivity index (χ3n) is 3.64. The Bertz CT molecular complexity index is 594. The minimum absolute atomic E-state index is 0.0768. The summed E-state index contributed by atoms with van der Waals surface area (Å²) in [4.78, 5) is 14.5. The highest BCUT2D eigenvalue weighted by Gasteiger charge is 2.48. The van der Waals surface area contributed by atoms with Crippen molar-refractivity contribution >= 4 is 16.4 Å². The summed E-state index contributed by atoms with van der Waals surface area (Å²) in [5, 5.41) is 20.0. The van der Waals surface area contributed by atoms with Gasteiger partial charge in [-0.3, -0.25) is 14.0 Å². The molecule has 0 aromatic carbocycles. The number of hydrogen-bond acceptors (Lipinski definition) is 9. The Balaban J connectivity index is 2.07. The topological polar surface area (TPSA) is 152 Å². The first kappa shape index (κ1) is 17.9. The van der Waals surface area contributed by atoms with Crippen molar-refractivity contribution in [2.75, 3.05) is 27.3 Å². The van der Waals surface area contributed by atoms with E-state index >= 15 is 0 Å². The first-order valence-corrected chi connectivity index (χ1v) is 7.98. The number of ether oxygens (including phenoxy) is 1. The average Bonchev–Trinajstić information content (AvgIpc) is 2.79. The number of amides is 2. The Labute approximate surface area is 133 Å². The zero-order valence-electron chi connectivity index (χ0n) is 12.5. The molecule has 4 unspecified atom stereocenters. The summed E-state index contributed by atoms with van der Waals surface area (Å²) in [7, 11) is -1.84. The maximum atomic E-state index is 12.2. The summed E-state index contributed by atoms with van der Waals surface area (Å²) in [6, 6.07) is -0.521. The molecule has 11 nitrogen and oxygen atoms in total. The number of nitrogens with two attached hydrogens (primary N) is 1. The lowest BCUT2D eigenvalue weighted by Gasteiger charge is -2.36. The van der Waals surface area contributed by atoms with Crippen molar-refractivity contribution in [3.05, 3.63) is 11.9 Å². The Morgan fingerprint density at radius 1 is 1.43 bits per heavy atom. The number of carbonyl (C=O) groups excluding carboxylic acids is 1. The van der Waals surface area contributed by atoms with E-state index in [0.717, 1.165) is 16.9 Å². The average molecular weight is 353 g/mol. The lowest BCUT2D eigenvalue weighted by Crippen LogP contribution is -2.54. The molecule has 132 valence electrons. The molecule has 12 heteroatoms. The zero-order valence-corrected chi connectivity index (χ0v) is 13.3. The maximum Gasteiger partial charge on any atom is 0.399 e. The molecule has 0 aromatic rings. The number of hydrogen-bond donors (Lipinski definition) is 3. The summed E-state index contributed by atoms with van der Waals surface area (Å²) >= 11 is 0. The second-order valence-corrected chi connectivity index (χ2v) is 6.41. The van der Waals surface area contributed by atoms with Crippen LogP contribution in [0, 0.1) is 0 Å². The van der Waals surface area contributed by atoms with E-state index in [2.05, 4.69) is 8.37 Å². The molecule has 4 N–H and O–H groups in total. The van der Waals surface area contributed by atoms with Crippen molar-refractivity contribution in [2.24, 2.45) is 5.73 Å². The second kappa shape index (κ2) is 6.59. The standard InChI is InChI=1S/C11H19N3O8S/c1-13-7(12)3-4-14(11(13)17)10-9(16)8(15)6(22-10)5-21-23(18,19)20-2/h3,6,8-10,15-16H,4-5,12H2,1-2H3. The first-order chi connectivity index (χ1) is 10.7. The van der Waals surface area contributed by atoms with Crippen molar-refractivity contribution in [1.29, 1.82) is 0 Å². The van der Waals surface area contributed by atoms with Crippen molar-refractivity contribution in [3.63, 3.8) is 0 Å². The van der Waals surface area contributed by atoms with Gasteiger partial charge < -0.3 is 20.7 Å². The molecule has 2 rings (SSSR count). The van der Waals surface area contributed by atoms with Gasteiger partial charge in [-0.25, -0.2) is 8.98 Å². The van der Waals surface area contributed by atoms with Crippen LogP contribution in [0.25, 0.3) is 0 Å². The molecule has 1 fully saturated rings. The molecule has 2 heterocycles. The second-order valence-electron chi connectivity index (χ2n) is 5.03. The maximum absolute atomic E-state index is 12.2. The van der Waals surface area contributed by atoms with E-state index in [0.29, 0.717) is 0 Å². The highest BCUT2D eigenvalue weighted by atomic mass is 32.3. The number of rotatable bonds is 5. The van der Waals surface area contributed by atoms with Gasteiger partial charge in [-0.05, 0) is 6.08 Å². The Morgan fingerprint density at radius 2 is 2.09 bits per heavy atom. The Morgan fingerprint density at radius 3 is 2.70 bits per heavy atom. The van der Waals surface area contributed by atoms with Crippen LogP contribution in [-0.2, 0) is 23.5 Å². The number of aliphatic hydroxyl groups is 2. The van der Waals surface area contributed by atoms with Gasteiger partial charge >= 0.3 is 16.4 Å². The number of carbonyl (C=O) groups is 1. The third-order valence-corrected chi connectivity index (χ3v) is 4.48. The predicted octanol–water partition coefficient (Wildman–Crippen LogP) is -2.49. The molecule has 0 radical (unpaired) electrons. The van der Waals surface area contributed by atoms with Crippen LogP contribution < -0.4 is 5.73 Å². The van der Waals surface area contributed by atoms with E-state index in [4.69, 9.17) is 10.5 Å². The van der Waals surface area contributed by atoms with E-state index in [9.17, 15) is 23.4 Å². The van der Waals surface area contributed by atoms with Crippen LogP contribution in [-0.4, -0.2) is 86.3 Å². The lowest BCUT2D eigenvalue weighted by atomic mass is 10.1. The van der Waals surface area contributed by atoms with Gasteiger partial charge in [0.25, 0.3) is 0 Å². The fourth-order valence-electron chi connectivity index (χ4n) is 2.25. The van der Waals surface area contributed by atoms with Crippen molar-refractivity contribution in [2.45, 2.75) is 24.5 Å². The minimum atomic E-state index is -4.20. The van der Waals surface area contributed by atoms with Gasteiger partial charge in [-0.2, -0.15) is 8.42 Å². The number of aliphatic hydroxyl groups excluding tert-OH is 2. The SMILES string of the molecule is COS(=O)(=O)OCC1OC(N2CC=C(N)N(C)C2=O)C(O)C1O. The van der Waals surface area contributed by atoms with E-state index in [1.54, 1.807) is 6.08 Å². The fraction of sp³-hybridized carbons (Fsp3) is 0.727. The molecule has 0 aromatic heterocycles. The molecule has 23 heavy (non-hydrogen) atoms. The molecule has 4 atom stereocenters. The summed E-state index contributed by atoms with van der Waals surface area (Å²) in [6.07, 6.45) is -3.64. The highest BCUT2D eigenvalue weighted by molar-refractivity contribution is 7.81. The lowest BCUT2D eigenvalue weighted by molar-refractivity contribution is -0.0784. The van der Waals surface area contributed by atoms with Gasteiger partial charge in [0.2, 0.25) is 0 Å². The van der Waals surface area contributed by atoms with E-state index in [1.165, 1.54) is 7.05 Å². The zero-order chi connectivity index (χ0) is 17.4. The quantitative estimate of drug-likeness (QED) is 0.487. The normalized spacial score (nSPS) is 32.3. The molecule has 2 aliphatic heterocycles. The van der Waals surface area contributed by atoms with E-state index < -0.39 is 47.6 Å². The van der Waals surface area contributed by atoms with Crippen LogP contribution in [0.3, 0.4) is 0 Å². The predicted molar refractivity (Wildman–Crippen MR) is 74.7 cm³/mol. The molecule has 2 aliphatic rings. The van der Waals surface area contributed by atoms with Gasteiger partial charge in [0, 0.05) is 13.6 Å². The summed E-state index contributed by atoms with van der Waals surface area (Å²) in [5.41, 5.74) is 5.62. The minimum Gasteiger partial charge on any atom is -0.387 e. The number of nitrogens with zero attached hydrogens (tertiary/aromatic N) is 2. The van der Waals surface area contributed by atoms with Gasteiger partial charge in [0.1, 0.15) is 24.1 Å². The highest BCUT2D eigenvalue weighted by Crippen LogP contribution is 2.27. The van der Waals surface area contributed by atoms with Gasteiger partial charge in [0.15, 0.2) is 6.23 Å². The fourth-order valence-corrected chi connectivity index (χ4v) is 2.64. The van der Waals surface area contributed by atoms with Crippen LogP contribution in [0.4, 0.5) is 4.79 Å². The van der Waals surface area contributed by atoms with Gasteiger partial charge in [-0.15, -0.1) is 0 Å². The monoisotopic (exact) mass is 353 g/mol. The van der Waals surface area contributed by atoms with Crippen LogP contribution in [0.1, 0.15) is 0 Å². The Kier molecular flexibility index (Phi) is 5.13. The molecular weight excluding hydrogens is 334 g/mol. The molecule has 2 amide bonds.